The van der Waals surface area contributed by atoms with Crippen molar-refractivity contribution in [1.29, 1.82) is 0 Å². The molecular formula is C22H21F6N7O. The van der Waals surface area contributed by atoms with Crippen molar-refractivity contribution in [2.75, 3.05) is 11.9 Å². The molecule has 1 aliphatic rings. The van der Waals surface area contributed by atoms with Gasteiger partial charge in [-0.25, -0.2) is 9.67 Å². The van der Waals surface area contributed by atoms with Crippen LogP contribution in [0.1, 0.15) is 47.4 Å². The van der Waals surface area contributed by atoms with Gasteiger partial charge < -0.3 is 10.2 Å². The summed E-state index contributed by atoms with van der Waals surface area (Å²) in [6.45, 7) is 0. The summed E-state index contributed by atoms with van der Waals surface area (Å²) in [6.07, 6.45) is -6.61. The number of nitrogens with zero attached hydrogens (tertiary/aromatic N) is 6. The van der Waals surface area contributed by atoms with Crippen molar-refractivity contribution in [3.8, 4) is 5.69 Å². The van der Waals surface area contributed by atoms with Crippen LogP contribution in [0.5, 0.6) is 0 Å². The van der Waals surface area contributed by atoms with Crippen LogP contribution < -0.4 is 10.2 Å². The van der Waals surface area contributed by atoms with Crippen LogP contribution in [0.2, 0.25) is 0 Å². The fourth-order valence-corrected chi connectivity index (χ4v) is 4.14. The molecule has 8 nitrogen and oxygen atoms in total. The number of carbonyl (C=O) groups is 1. The number of aromatic nitrogens is 5. The third kappa shape index (κ3) is 5.74. The fourth-order valence-electron chi connectivity index (χ4n) is 4.14. The molecule has 3 aromatic rings. The van der Waals surface area contributed by atoms with Gasteiger partial charge in [0.15, 0.2) is 0 Å². The molecule has 1 aromatic carbocycles. The van der Waals surface area contributed by atoms with Gasteiger partial charge in [-0.1, -0.05) is 0 Å². The number of anilines is 1. The number of hydrogen-bond donors (Lipinski definition) is 1. The molecule has 192 valence electrons. The summed E-state index contributed by atoms with van der Waals surface area (Å²) in [4.78, 5) is 16.8. The molecule has 2 aromatic heterocycles. The molecule has 0 spiro atoms. The molecule has 0 saturated heterocycles. The average molecular weight is 513 g/mol. The Balaban J connectivity index is 1.38. The molecular weight excluding hydrogens is 492 g/mol. The number of tetrazole rings is 1. The van der Waals surface area contributed by atoms with Crippen molar-refractivity contribution in [2.45, 2.75) is 50.1 Å². The number of halogens is 6. The summed E-state index contributed by atoms with van der Waals surface area (Å²) in [5.41, 5.74) is -2.28. The van der Waals surface area contributed by atoms with Crippen molar-refractivity contribution in [2.24, 2.45) is 0 Å². The summed E-state index contributed by atoms with van der Waals surface area (Å²) < 4.78 is 80.3. The van der Waals surface area contributed by atoms with Crippen LogP contribution in [0.15, 0.2) is 42.7 Å². The SMILES string of the molecule is CN(c1cc(C(F)(F)F)nc(C(F)(F)F)c1)C1CCC(NC(=O)c2ccc(-n3cnnn3)cc2)CC1. The van der Waals surface area contributed by atoms with Crippen LogP contribution in [0.3, 0.4) is 0 Å². The minimum atomic E-state index is -5.01. The molecule has 1 fully saturated rings. The van der Waals surface area contributed by atoms with E-state index < -0.39 is 23.7 Å². The number of pyridine rings is 1. The Morgan fingerprint density at radius 3 is 2.06 bits per heavy atom. The lowest BCUT2D eigenvalue weighted by Gasteiger charge is -2.36. The first-order valence-electron chi connectivity index (χ1n) is 11.0. The van der Waals surface area contributed by atoms with Crippen LogP contribution in [0, 0.1) is 0 Å². The van der Waals surface area contributed by atoms with E-state index in [9.17, 15) is 31.1 Å². The van der Waals surface area contributed by atoms with Gasteiger partial charge in [-0.3, -0.25) is 4.79 Å². The third-order valence-corrected chi connectivity index (χ3v) is 6.12. The molecule has 0 aliphatic heterocycles. The fraction of sp³-hybridized carbons (Fsp3) is 0.409. The number of hydrogen-bond acceptors (Lipinski definition) is 6. The Labute approximate surface area is 201 Å². The zero-order valence-corrected chi connectivity index (χ0v) is 18.9. The molecule has 0 bridgehead atoms. The van der Waals surface area contributed by atoms with E-state index >= 15 is 0 Å². The lowest BCUT2D eigenvalue weighted by Crippen LogP contribution is -2.43. The standard InChI is InChI=1S/C22H21F6N7O/c1-34(17-10-18(21(23,24)25)31-19(11-17)22(26,27)28)15-8-4-14(5-9-15)30-20(36)13-2-6-16(7-3-13)35-12-29-32-33-35/h2-3,6-7,10-12,14-15H,4-5,8-9H2,1H3,(H,30,36). The van der Waals surface area contributed by atoms with Crippen molar-refractivity contribution >= 4 is 11.6 Å². The van der Waals surface area contributed by atoms with Crippen molar-refractivity contribution in [3.63, 3.8) is 0 Å². The minimum Gasteiger partial charge on any atom is -0.371 e. The highest BCUT2D eigenvalue weighted by Gasteiger charge is 2.39. The molecule has 4 rings (SSSR count). The van der Waals surface area contributed by atoms with E-state index in [1.54, 1.807) is 24.3 Å². The molecule has 0 unspecified atom stereocenters. The Hall–Kier alpha value is -3.71. The van der Waals surface area contributed by atoms with E-state index in [1.807, 2.05) is 0 Å². The lowest BCUT2D eigenvalue weighted by atomic mass is 9.90. The van der Waals surface area contributed by atoms with Gasteiger partial charge in [0.1, 0.15) is 17.7 Å². The first kappa shape index (κ1) is 25.4. The number of nitrogens with one attached hydrogen (secondary N) is 1. The van der Waals surface area contributed by atoms with Crippen LogP contribution in [-0.2, 0) is 12.4 Å². The van der Waals surface area contributed by atoms with Crippen LogP contribution >= 0.6 is 0 Å². The largest absolute Gasteiger partial charge is 0.433 e. The molecule has 1 N–H and O–H groups in total. The van der Waals surface area contributed by atoms with Gasteiger partial charge in [0.25, 0.3) is 5.91 Å². The van der Waals surface area contributed by atoms with Crippen molar-refractivity contribution < 1.29 is 31.1 Å². The zero-order valence-electron chi connectivity index (χ0n) is 18.9. The second-order valence-electron chi connectivity index (χ2n) is 8.48. The zero-order chi connectivity index (χ0) is 26.1. The lowest BCUT2D eigenvalue weighted by molar-refractivity contribution is -0.150. The van der Waals surface area contributed by atoms with Gasteiger partial charge in [0.2, 0.25) is 0 Å². The monoisotopic (exact) mass is 513 g/mol. The molecule has 1 amide bonds. The molecule has 14 heteroatoms. The Bertz CT molecular complexity index is 1150. The van der Waals surface area contributed by atoms with Crippen LogP contribution in [0.4, 0.5) is 32.0 Å². The summed E-state index contributed by atoms with van der Waals surface area (Å²) in [6, 6.07) is 7.43. The number of benzene rings is 1. The van der Waals surface area contributed by atoms with Gasteiger partial charge >= 0.3 is 12.4 Å². The van der Waals surface area contributed by atoms with Crippen LogP contribution in [-0.4, -0.2) is 50.2 Å². The van der Waals surface area contributed by atoms with Crippen molar-refractivity contribution in [3.05, 3.63) is 59.7 Å². The predicted octanol–water partition coefficient (Wildman–Crippen LogP) is 4.27. The van der Waals surface area contributed by atoms with Gasteiger partial charge in [0.05, 0.1) is 5.69 Å². The summed E-state index contributed by atoms with van der Waals surface area (Å²) >= 11 is 0. The normalized spacial score (nSPS) is 18.6. The highest BCUT2D eigenvalue weighted by atomic mass is 19.4. The first-order valence-corrected chi connectivity index (χ1v) is 11.0. The maximum atomic E-state index is 13.1. The molecule has 0 atom stereocenters. The van der Waals surface area contributed by atoms with Gasteiger partial charge in [0, 0.05) is 30.4 Å². The van der Waals surface area contributed by atoms with Gasteiger partial charge in [-0.2, -0.15) is 26.3 Å². The molecule has 2 heterocycles. The number of rotatable bonds is 5. The Morgan fingerprint density at radius 1 is 0.972 bits per heavy atom. The summed E-state index contributed by atoms with van der Waals surface area (Å²) in [5, 5.41) is 13.8. The highest BCUT2D eigenvalue weighted by Crippen LogP contribution is 2.37. The van der Waals surface area contributed by atoms with E-state index in [0.717, 1.165) is 0 Å². The molecule has 1 saturated carbocycles. The number of amides is 1. The highest BCUT2D eigenvalue weighted by molar-refractivity contribution is 5.94. The van der Waals surface area contributed by atoms with Crippen molar-refractivity contribution in [1.82, 2.24) is 30.5 Å². The third-order valence-electron chi connectivity index (χ3n) is 6.12. The number of carbonyl (C=O) groups excluding carboxylic acids is 1. The van der Waals surface area contributed by atoms with Gasteiger partial charge in [-0.05, 0) is 72.5 Å². The van der Waals surface area contributed by atoms with E-state index in [0.29, 0.717) is 49.1 Å². The van der Waals surface area contributed by atoms with E-state index in [2.05, 4.69) is 25.8 Å². The van der Waals surface area contributed by atoms with Crippen LogP contribution in [0.25, 0.3) is 5.69 Å². The quantitative estimate of drug-likeness (QED) is 0.513. The van der Waals surface area contributed by atoms with E-state index in [4.69, 9.17) is 0 Å². The maximum Gasteiger partial charge on any atom is 0.433 e. The topological polar surface area (TPSA) is 88.8 Å². The summed E-state index contributed by atoms with van der Waals surface area (Å²) in [5.74, 6) is -0.283. The molecule has 36 heavy (non-hydrogen) atoms. The molecule has 1 aliphatic carbocycles. The minimum absolute atomic E-state index is 0.171. The van der Waals surface area contributed by atoms with E-state index in [1.165, 1.54) is 23.0 Å². The Kier molecular flexibility index (Phi) is 6.87. The summed E-state index contributed by atoms with van der Waals surface area (Å²) in [7, 11) is 1.46. The predicted molar refractivity (Wildman–Crippen MR) is 115 cm³/mol. The first-order chi connectivity index (χ1) is 16.9. The van der Waals surface area contributed by atoms with Gasteiger partial charge in [-0.15, -0.1) is 5.10 Å². The van der Waals surface area contributed by atoms with E-state index in [-0.39, 0.29) is 23.7 Å². The second kappa shape index (κ2) is 9.74. The average Bonchev–Trinajstić information content (AvgIpc) is 3.38. The number of alkyl halides is 6. The Morgan fingerprint density at radius 2 is 1.56 bits per heavy atom. The maximum absolute atomic E-state index is 13.1. The molecule has 0 radical (unpaired) electrons. The second-order valence-corrected chi connectivity index (χ2v) is 8.48. The smallest absolute Gasteiger partial charge is 0.371 e.